The Balaban J connectivity index is 1.37. The topological polar surface area (TPSA) is 49.4 Å². The molecular weight excluding hydrogens is 324 g/mol. The monoisotopic (exact) mass is 350 g/mol. The molecule has 0 saturated carbocycles. The summed E-state index contributed by atoms with van der Waals surface area (Å²) in [7, 11) is 0. The lowest BCUT2D eigenvalue weighted by atomic mass is 9.90. The number of hydrogen-bond acceptors (Lipinski definition) is 3. The standard InChI is InChI=1S/C22H26N2O2/c25-21(16-19-9-5-2-6-10-19)23-22(26)17-24-13-11-20(12-14-24)15-18-7-3-1-4-8-18/h1-10,20H,11-17H2,(H,23,25,26). The minimum absolute atomic E-state index is 0.201. The highest BCUT2D eigenvalue weighted by atomic mass is 16.2. The van der Waals surface area contributed by atoms with Crippen LogP contribution >= 0.6 is 0 Å². The van der Waals surface area contributed by atoms with E-state index in [-0.39, 0.29) is 18.2 Å². The number of imide groups is 1. The van der Waals surface area contributed by atoms with Crippen molar-refractivity contribution in [3.8, 4) is 0 Å². The van der Waals surface area contributed by atoms with Gasteiger partial charge in [0.1, 0.15) is 0 Å². The average Bonchev–Trinajstić information content (AvgIpc) is 2.65. The van der Waals surface area contributed by atoms with E-state index in [4.69, 9.17) is 0 Å². The fraction of sp³-hybridized carbons (Fsp3) is 0.364. The van der Waals surface area contributed by atoms with Crippen molar-refractivity contribution in [2.45, 2.75) is 25.7 Å². The first-order chi connectivity index (χ1) is 12.7. The van der Waals surface area contributed by atoms with Gasteiger partial charge in [-0.2, -0.15) is 0 Å². The van der Waals surface area contributed by atoms with E-state index in [0.717, 1.165) is 37.9 Å². The molecule has 4 nitrogen and oxygen atoms in total. The zero-order valence-electron chi connectivity index (χ0n) is 15.1. The highest BCUT2D eigenvalue weighted by Gasteiger charge is 2.21. The molecule has 4 heteroatoms. The van der Waals surface area contributed by atoms with Crippen molar-refractivity contribution >= 4 is 11.8 Å². The van der Waals surface area contributed by atoms with Gasteiger partial charge in [0.25, 0.3) is 0 Å². The van der Waals surface area contributed by atoms with Crippen LogP contribution in [-0.4, -0.2) is 36.3 Å². The number of nitrogens with zero attached hydrogens (tertiary/aromatic N) is 1. The van der Waals surface area contributed by atoms with Gasteiger partial charge in [-0.25, -0.2) is 0 Å². The summed E-state index contributed by atoms with van der Waals surface area (Å²) in [5.74, 6) is 0.240. The van der Waals surface area contributed by atoms with Gasteiger partial charge >= 0.3 is 0 Å². The van der Waals surface area contributed by atoms with Gasteiger partial charge in [-0.05, 0) is 49.4 Å². The second-order valence-corrected chi connectivity index (χ2v) is 7.04. The normalized spacial score (nSPS) is 15.5. The van der Waals surface area contributed by atoms with Crippen LogP contribution in [0.5, 0.6) is 0 Å². The van der Waals surface area contributed by atoms with Gasteiger partial charge < -0.3 is 0 Å². The third kappa shape index (κ3) is 5.81. The summed E-state index contributed by atoms with van der Waals surface area (Å²) >= 11 is 0. The first-order valence-corrected chi connectivity index (χ1v) is 9.32. The van der Waals surface area contributed by atoms with Crippen molar-refractivity contribution in [2.75, 3.05) is 19.6 Å². The molecule has 1 saturated heterocycles. The maximum Gasteiger partial charge on any atom is 0.240 e. The quantitative estimate of drug-likeness (QED) is 0.871. The minimum Gasteiger partial charge on any atom is -0.295 e. The Labute approximate surface area is 155 Å². The second-order valence-electron chi connectivity index (χ2n) is 7.04. The largest absolute Gasteiger partial charge is 0.295 e. The molecule has 3 rings (SSSR count). The minimum atomic E-state index is -0.236. The summed E-state index contributed by atoms with van der Waals surface area (Å²) in [4.78, 5) is 26.2. The third-order valence-electron chi connectivity index (χ3n) is 4.93. The van der Waals surface area contributed by atoms with E-state index < -0.39 is 0 Å². The first kappa shape index (κ1) is 18.3. The molecule has 26 heavy (non-hydrogen) atoms. The highest BCUT2D eigenvalue weighted by Crippen LogP contribution is 2.21. The van der Waals surface area contributed by atoms with E-state index in [9.17, 15) is 9.59 Å². The molecule has 1 fully saturated rings. The molecule has 0 spiro atoms. The lowest BCUT2D eigenvalue weighted by molar-refractivity contribution is -0.130. The SMILES string of the molecule is O=C(Cc1ccccc1)NC(=O)CN1CCC(Cc2ccccc2)CC1. The number of rotatable bonds is 6. The van der Waals surface area contributed by atoms with Crippen LogP contribution in [0.25, 0.3) is 0 Å². The van der Waals surface area contributed by atoms with Crippen molar-refractivity contribution in [3.63, 3.8) is 0 Å². The molecule has 0 radical (unpaired) electrons. The zero-order valence-corrected chi connectivity index (χ0v) is 15.1. The van der Waals surface area contributed by atoms with Crippen molar-refractivity contribution in [1.82, 2.24) is 10.2 Å². The fourth-order valence-electron chi connectivity index (χ4n) is 3.52. The molecule has 0 aliphatic carbocycles. The van der Waals surface area contributed by atoms with Crippen LogP contribution < -0.4 is 5.32 Å². The number of carbonyl (C=O) groups is 2. The molecular formula is C22H26N2O2. The molecule has 0 unspecified atom stereocenters. The first-order valence-electron chi connectivity index (χ1n) is 9.32. The maximum absolute atomic E-state index is 12.1. The smallest absolute Gasteiger partial charge is 0.240 e. The number of benzene rings is 2. The van der Waals surface area contributed by atoms with Crippen LogP contribution in [0.3, 0.4) is 0 Å². The molecule has 1 aliphatic rings. The Morgan fingerprint density at radius 1 is 0.846 bits per heavy atom. The number of carbonyl (C=O) groups excluding carboxylic acids is 2. The molecule has 2 aromatic carbocycles. The van der Waals surface area contributed by atoms with Gasteiger partial charge in [0, 0.05) is 0 Å². The van der Waals surface area contributed by atoms with E-state index in [0.29, 0.717) is 12.5 Å². The van der Waals surface area contributed by atoms with Crippen LogP contribution in [0.2, 0.25) is 0 Å². The predicted octanol–water partition coefficient (Wildman–Crippen LogP) is 2.83. The van der Waals surface area contributed by atoms with Gasteiger partial charge in [0.15, 0.2) is 0 Å². The van der Waals surface area contributed by atoms with Gasteiger partial charge in [0.2, 0.25) is 11.8 Å². The Hall–Kier alpha value is -2.46. The number of piperidine rings is 1. The van der Waals surface area contributed by atoms with E-state index in [1.807, 2.05) is 36.4 Å². The Kier molecular flexibility index (Phi) is 6.56. The highest BCUT2D eigenvalue weighted by molar-refractivity contribution is 5.96. The van der Waals surface area contributed by atoms with Crippen LogP contribution in [0.15, 0.2) is 60.7 Å². The van der Waals surface area contributed by atoms with Crippen LogP contribution in [0.1, 0.15) is 24.0 Å². The van der Waals surface area contributed by atoms with E-state index in [2.05, 4.69) is 34.5 Å². The van der Waals surface area contributed by atoms with Crippen molar-refractivity contribution in [3.05, 3.63) is 71.8 Å². The maximum atomic E-state index is 12.1. The molecule has 2 amide bonds. The number of hydrogen-bond donors (Lipinski definition) is 1. The number of nitrogens with one attached hydrogen (secondary N) is 1. The summed E-state index contributed by atoms with van der Waals surface area (Å²) in [5.41, 5.74) is 2.30. The number of amides is 2. The second kappa shape index (κ2) is 9.30. The summed E-state index contributed by atoms with van der Waals surface area (Å²) < 4.78 is 0. The molecule has 2 aromatic rings. The van der Waals surface area contributed by atoms with Crippen molar-refractivity contribution in [1.29, 1.82) is 0 Å². The van der Waals surface area contributed by atoms with Crippen LogP contribution in [0, 0.1) is 5.92 Å². The fourth-order valence-corrected chi connectivity index (χ4v) is 3.52. The summed E-state index contributed by atoms with van der Waals surface area (Å²) in [5, 5.41) is 2.51. The molecule has 1 aliphatic heterocycles. The molecule has 0 aromatic heterocycles. The van der Waals surface area contributed by atoms with E-state index >= 15 is 0 Å². The number of likely N-dealkylation sites (tertiary alicyclic amines) is 1. The van der Waals surface area contributed by atoms with Gasteiger partial charge in [-0.3, -0.25) is 19.8 Å². The molecule has 1 heterocycles. The van der Waals surface area contributed by atoms with Crippen molar-refractivity contribution < 1.29 is 9.59 Å². The average molecular weight is 350 g/mol. The van der Waals surface area contributed by atoms with Gasteiger partial charge in [-0.15, -0.1) is 0 Å². The zero-order chi connectivity index (χ0) is 18.2. The summed E-state index contributed by atoms with van der Waals surface area (Å²) in [6, 6.07) is 20.0. The Bertz CT molecular complexity index is 707. The molecule has 0 atom stereocenters. The molecule has 1 N–H and O–H groups in total. The van der Waals surface area contributed by atoms with Gasteiger partial charge in [0.05, 0.1) is 13.0 Å². The Morgan fingerprint density at radius 3 is 2.04 bits per heavy atom. The predicted molar refractivity (Wildman–Crippen MR) is 103 cm³/mol. The van der Waals surface area contributed by atoms with Crippen LogP contribution in [-0.2, 0) is 22.4 Å². The molecule has 136 valence electrons. The summed E-state index contributed by atoms with van der Waals surface area (Å²) in [6.07, 6.45) is 3.54. The van der Waals surface area contributed by atoms with E-state index in [1.54, 1.807) is 0 Å². The summed E-state index contributed by atoms with van der Waals surface area (Å²) in [6.45, 7) is 2.13. The van der Waals surface area contributed by atoms with Crippen LogP contribution in [0.4, 0.5) is 0 Å². The molecule has 0 bridgehead atoms. The lowest BCUT2D eigenvalue weighted by Gasteiger charge is -2.31. The van der Waals surface area contributed by atoms with E-state index in [1.165, 1.54) is 5.56 Å². The lowest BCUT2D eigenvalue weighted by Crippen LogP contribution is -2.43. The third-order valence-corrected chi connectivity index (χ3v) is 4.93. The van der Waals surface area contributed by atoms with Gasteiger partial charge in [-0.1, -0.05) is 60.7 Å². The van der Waals surface area contributed by atoms with Crippen molar-refractivity contribution in [2.24, 2.45) is 5.92 Å². The Morgan fingerprint density at radius 2 is 1.42 bits per heavy atom.